The van der Waals surface area contributed by atoms with Crippen molar-refractivity contribution in [3.8, 4) is 5.75 Å². The van der Waals surface area contributed by atoms with Crippen LogP contribution >= 0.6 is 0 Å². The van der Waals surface area contributed by atoms with Gasteiger partial charge in [0, 0.05) is 18.3 Å². The van der Waals surface area contributed by atoms with Gasteiger partial charge >= 0.3 is 5.97 Å². The maximum atomic E-state index is 12.2. The van der Waals surface area contributed by atoms with E-state index >= 15 is 0 Å². The third-order valence-corrected chi connectivity index (χ3v) is 4.16. The number of carboxylic acids is 1. The minimum absolute atomic E-state index is 0.0328. The first-order valence-electron chi connectivity index (χ1n) is 5.82. The van der Waals surface area contributed by atoms with Gasteiger partial charge in [-0.2, -0.15) is 5.10 Å². The minimum atomic E-state index is -3.83. The summed E-state index contributed by atoms with van der Waals surface area (Å²) in [4.78, 5) is 10.8. The molecular formula is C12H13N3O5S. The molecule has 0 saturated carbocycles. The summed E-state index contributed by atoms with van der Waals surface area (Å²) < 4.78 is 31.8. The van der Waals surface area contributed by atoms with E-state index in [1.807, 2.05) is 0 Å². The molecule has 9 heteroatoms. The zero-order valence-electron chi connectivity index (χ0n) is 11.0. The fraction of sp³-hybridized carbons (Fsp3) is 0.167. The number of ether oxygens (including phenoxy) is 1. The van der Waals surface area contributed by atoms with Gasteiger partial charge in [0.2, 0.25) is 10.0 Å². The first-order valence-corrected chi connectivity index (χ1v) is 7.31. The number of nitrogens with zero attached hydrogens (tertiary/aromatic N) is 1. The van der Waals surface area contributed by atoms with Crippen molar-refractivity contribution in [2.75, 3.05) is 7.11 Å². The number of benzene rings is 1. The molecule has 0 saturated heterocycles. The molecule has 21 heavy (non-hydrogen) atoms. The van der Waals surface area contributed by atoms with Crippen molar-refractivity contribution < 1.29 is 23.1 Å². The number of aromatic amines is 1. The van der Waals surface area contributed by atoms with Gasteiger partial charge in [0.15, 0.2) is 0 Å². The highest BCUT2D eigenvalue weighted by Crippen LogP contribution is 2.25. The van der Waals surface area contributed by atoms with E-state index in [1.54, 1.807) is 6.20 Å². The Balaban J connectivity index is 2.28. The molecule has 2 aromatic rings. The molecule has 0 radical (unpaired) electrons. The van der Waals surface area contributed by atoms with Crippen LogP contribution in [0.25, 0.3) is 0 Å². The molecule has 8 nitrogen and oxygen atoms in total. The van der Waals surface area contributed by atoms with Crippen molar-refractivity contribution in [2.45, 2.75) is 11.4 Å². The summed E-state index contributed by atoms with van der Waals surface area (Å²) >= 11 is 0. The standard InChI is InChI=1S/C12H13N3O5S/c1-20-10-4-9(12(16)17)2-3-11(10)21(18,19)15-7-8-5-13-14-6-8/h2-6,15H,7H2,1H3,(H,13,14)(H,16,17). The number of hydrogen-bond donors (Lipinski definition) is 3. The predicted molar refractivity (Wildman–Crippen MR) is 72.6 cm³/mol. The summed E-state index contributed by atoms with van der Waals surface area (Å²) in [5.41, 5.74) is 0.611. The number of methoxy groups -OCH3 is 1. The lowest BCUT2D eigenvalue weighted by Crippen LogP contribution is -2.23. The second-order valence-corrected chi connectivity index (χ2v) is 5.84. The molecule has 0 aliphatic heterocycles. The average molecular weight is 311 g/mol. The van der Waals surface area contributed by atoms with Crippen LogP contribution in [0.15, 0.2) is 35.5 Å². The van der Waals surface area contributed by atoms with Gasteiger partial charge in [-0.05, 0) is 18.2 Å². The monoisotopic (exact) mass is 311 g/mol. The van der Waals surface area contributed by atoms with Crippen LogP contribution in [0.3, 0.4) is 0 Å². The number of rotatable bonds is 6. The van der Waals surface area contributed by atoms with Crippen molar-refractivity contribution in [1.82, 2.24) is 14.9 Å². The number of sulfonamides is 1. The Kier molecular flexibility index (Phi) is 4.24. The van der Waals surface area contributed by atoms with E-state index in [0.717, 1.165) is 6.07 Å². The highest BCUT2D eigenvalue weighted by Gasteiger charge is 2.20. The fourth-order valence-electron chi connectivity index (χ4n) is 1.65. The zero-order chi connectivity index (χ0) is 15.5. The quantitative estimate of drug-likeness (QED) is 0.718. The molecule has 0 bridgehead atoms. The molecule has 0 aliphatic rings. The van der Waals surface area contributed by atoms with E-state index < -0.39 is 16.0 Å². The van der Waals surface area contributed by atoms with Crippen LogP contribution in [0.5, 0.6) is 5.75 Å². The molecule has 1 aromatic heterocycles. The minimum Gasteiger partial charge on any atom is -0.495 e. The van der Waals surface area contributed by atoms with Crippen LogP contribution in [-0.4, -0.2) is 36.8 Å². The van der Waals surface area contributed by atoms with E-state index in [2.05, 4.69) is 14.9 Å². The van der Waals surface area contributed by atoms with Crippen LogP contribution in [-0.2, 0) is 16.6 Å². The lowest BCUT2D eigenvalue weighted by Gasteiger charge is -2.11. The van der Waals surface area contributed by atoms with Gasteiger partial charge in [-0.1, -0.05) is 0 Å². The second-order valence-electron chi connectivity index (χ2n) is 4.10. The number of nitrogens with one attached hydrogen (secondary N) is 2. The summed E-state index contributed by atoms with van der Waals surface area (Å²) in [5, 5.41) is 15.2. The molecule has 1 heterocycles. The molecule has 0 aliphatic carbocycles. The van der Waals surface area contributed by atoms with Crippen LogP contribution in [0.2, 0.25) is 0 Å². The smallest absolute Gasteiger partial charge is 0.335 e. The van der Waals surface area contributed by atoms with Gasteiger partial charge in [0.25, 0.3) is 0 Å². The van der Waals surface area contributed by atoms with Gasteiger partial charge in [-0.25, -0.2) is 17.9 Å². The van der Waals surface area contributed by atoms with E-state index in [9.17, 15) is 13.2 Å². The van der Waals surface area contributed by atoms with Crippen molar-refractivity contribution in [3.05, 3.63) is 41.7 Å². The summed E-state index contributed by atoms with van der Waals surface area (Å²) in [7, 11) is -2.56. The summed E-state index contributed by atoms with van der Waals surface area (Å²) in [6, 6.07) is 3.56. The molecule has 0 unspecified atom stereocenters. The van der Waals surface area contributed by atoms with E-state index in [4.69, 9.17) is 9.84 Å². The third-order valence-electron chi connectivity index (χ3n) is 2.72. The van der Waals surface area contributed by atoms with Gasteiger partial charge in [0.05, 0.1) is 18.9 Å². The third kappa shape index (κ3) is 3.38. The lowest BCUT2D eigenvalue weighted by atomic mass is 10.2. The molecule has 0 amide bonds. The Morgan fingerprint density at radius 3 is 2.81 bits per heavy atom. The average Bonchev–Trinajstić information content (AvgIpc) is 2.97. The topological polar surface area (TPSA) is 121 Å². The van der Waals surface area contributed by atoms with E-state index in [0.29, 0.717) is 5.56 Å². The summed E-state index contributed by atoms with van der Waals surface area (Å²) in [5.74, 6) is -1.20. The first-order chi connectivity index (χ1) is 9.94. The number of hydrogen-bond acceptors (Lipinski definition) is 5. The van der Waals surface area contributed by atoms with Gasteiger partial charge in [0.1, 0.15) is 10.6 Å². The first kappa shape index (κ1) is 15.0. The van der Waals surface area contributed by atoms with E-state index in [1.165, 1.54) is 25.4 Å². The van der Waals surface area contributed by atoms with Crippen LogP contribution in [0.4, 0.5) is 0 Å². The predicted octanol–water partition coefficient (Wildman–Crippen LogP) is 0.595. The Morgan fingerprint density at radius 2 is 2.24 bits per heavy atom. The molecule has 0 fully saturated rings. The summed E-state index contributed by atoms with van der Waals surface area (Å²) in [6.45, 7) is 0.0582. The van der Waals surface area contributed by atoms with Crippen molar-refractivity contribution in [3.63, 3.8) is 0 Å². The normalized spacial score (nSPS) is 11.3. The molecule has 0 atom stereocenters. The van der Waals surface area contributed by atoms with Crippen LogP contribution in [0, 0.1) is 0 Å². The Hall–Kier alpha value is -2.39. The SMILES string of the molecule is COc1cc(C(=O)O)ccc1S(=O)(=O)NCc1cn[nH]c1. The number of H-pyrrole nitrogens is 1. The van der Waals surface area contributed by atoms with Gasteiger partial charge < -0.3 is 9.84 Å². The van der Waals surface area contributed by atoms with Gasteiger partial charge in [-0.15, -0.1) is 0 Å². The highest BCUT2D eigenvalue weighted by atomic mass is 32.2. The fourth-order valence-corrected chi connectivity index (χ4v) is 2.82. The van der Waals surface area contributed by atoms with Gasteiger partial charge in [-0.3, -0.25) is 5.10 Å². The highest BCUT2D eigenvalue weighted by molar-refractivity contribution is 7.89. The molecule has 2 rings (SSSR count). The molecular weight excluding hydrogens is 298 g/mol. The zero-order valence-corrected chi connectivity index (χ0v) is 11.8. The molecule has 1 aromatic carbocycles. The maximum Gasteiger partial charge on any atom is 0.335 e. The Morgan fingerprint density at radius 1 is 1.48 bits per heavy atom. The molecule has 0 spiro atoms. The van der Waals surface area contributed by atoms with Crippen molar-refractivity contribution in [2.24, 2.45) is 0 Å². The largest absolute Gasteiger partial charge is 0.495 e. The Labute approximate surface area is 120 Å². The number of aromatic carboxylic acids is 1. The maximum absolute atomic E-state index is 12.2. The lowest BCUT2D eigenvalue weighted by molar-refractivity contribution is 0.0696. The van der Waals surface area contributed by atoms with Crippen LogP contribution in [0.1, 0.15) is 15.9 Å². The van der Waals surface area contributed by atoms with E-state index in [-0.39, 0.29) is 22.8 Å². The van der Waals surface area contributed by atoms with Crippen LogP contribution < -0.4 is 9.46 Å². The molecule has 3 N–H and O–H groups in total. The van der Waals surface area contributed by atoms with Crippen molar-refractivity contribution >= 4 is 16.0 Å². The van der Waals surface area contributed by atoms with Crippen molar-refractivity contribution in [1.29, 1.82) is 0 Å². The number of aromatic nitrogens is 2. The summed E-state index contributed by atoms with van der Waals surface area (Å²) in [6.07, 6.45) is 3.06. The number of carbonyl (C=O) groups is 1. The molecule has 112 valence electrons. The Bertz CT molecular complexity index is 740. The second kappa shape index (κ2) is 5.94. The number of carboxylic acid groups (broad SMARTS) is 1.